The van der Waals surface area contributed by atoms with E-state index in [0.29, 0.717) is 40.7 Å². The van der Waals surface area contributed by atoms with Gasteiger partial charge in [0.05, 0.1) is 39.4 Å². The van der Waals surface area contributed by atoms with Crippen LogP contribution in [0, 0.1) is 0 Å². The van der Waals surface area contributed by atoms with Crippen molar-refractivity contribution in [3.8, 4) is 22.1 Å². The zero-order chi connectivity index (χ0) is 33.3. The van der Waals surface area contributed by atoms with Crippen molar-refractivity contribution in [2.75, 3.05) is 20.2 Å². The molecule has 2 aliphatic rings. The smallest absolute Gasteiger partial charge is 0.416 e. The number of rotatable bonds is 7. The summed E-state index contributed by atoms with van der Waals surface area (Å²) in [5.74, 6) is 0.147. The Labute approximate surface area is 273 Å². The minimum Gasteiger partial charge on any atom is -0.493 e. The van der Waals surface area contributed by atoms with E-state index in [1.54, 1.807) is 29.5 Å². The van der Waals surface area contributed by atoms with Crippen LogP contribution in [0.25, 0.3) is 16.6 Å². The first-order chi connectivity index (χ1) is 22.4. The fourth-order valence-electron chi connectivity index (χ4n) is 5.35. The number of nitrogens with zero attached hydrogens (tertiary/aromatic N) is 3. The van der Waals surface area contributed by atoms with Gasteiger partial charge in [0.1, 0.15) is 6.61 Å². The number of benzene rings is 2. The molecule has 2 aromatic heterocycles. The van der Waals surface area contributed by atoms with Gasteiger partial charge in [0.15, 0.2) is 16.7 Å². The number of aliphatic imine (C=N–C) groups is 1. The Bertz CT molecular complexity index is 1820. The molecule has 1 saturated heterocycles. The summed E-state index contributed by atoms with van der Waals surface area (Å²) in [5, 5.41) is 10.3. The Balaban J connectivity index is 1.09. The zero-order valence-corrected chi connectivity index (χ0v) is 26.2. The number of thiophene rings is 1. The first kappa shape index (κ1) is 32.7. The first-order valence-corrected chi connectivity index (χ1v) is 16.0. The summed E-state index contributed by atoms with van der Waals surface area (Å²) in [6.45, 7) is 0.780. The van der Waals surface area contributed by atoms with Crippen molar-refractivity contribution >= 4 is 40.2 Å². The van der Waals surface area contributed by atoms with Gasteiger partial charge in [-0.25, -0.2) is 0 Å². The van der Waals surface area contributed by atoms with Crippen LogP contribution in [0.5, 0.6) is 11.5 Å². The molecule has 1 fully saturated rings. The van der Waals surface area contributed by atoms with Gasteiger partial charge in [-0.15, -0.1) is 11.3 Å². The second-order valence-corrected chi connectivity index (χ2v) is 12.8. The summed E-state index contributed by atoms with van der Waals surface area (Å²) < 4.78 is 90.6. The number of carbonyl (C=O) groups is 1. The highest BCUT2D eigenvalue weighted by atomic mass is 32.2. The van der Waals surface area contributed by atoms with E-state index in [0.717, 1.165) is 35.2 Å². The van der Waals surface area contributed by atoms with Crippen molar-refractivity contribution in [3.05, 3.63) is 92.8 Å². The molecule has 6 rings (SSSR count). The molecule has 246 valence electrons. The Morgan fingerprint density at radius 3 is 2.47 bits per heavy atom. The molecule has 7 nitrogen and oxygen atoms in total. The molecular formula is C32H26F6N4O3S2. The first-order valence-electron chi connectivity index (χ1n) is 14.3. The lowest BCUT2D eigenvalue weighted by atomic mass is 9.93. The van der Waals surface area contributed by atoms with Gasteiger partial charge in [0.2, 0.25) is 0 Å². The fourth-order valence-corrected chi connectivity index (χ4v) is 7.00. The van der Waals surface area contributed by atoms with Gasteiger partial charge < -0.3 is 14.4 Å². The van der Waals surface area contributed by atoms with Crippen molar-refractivity contribution < 1.29 is 40.6 Å². The Hall–Kier alpha value is -4.24. The van der Waals surface area contributed by atoms with Crippen molar-refractivity contribution in [2.24, 2.45) is 4.99 Å². The fraction of sp³-hybridized carbons (Fsp3) is 0.281. The van der Waals surface area contributed by atoms with Crippen molar-refractivity contribution in [1.82, 2.24) is 15.1 Å². The summed E-state index contributed by atoms with van der Waals surface area (Å²) in [5.41, 5.74) is -0.726. The lowest BCUT2D eigenvalue weighted by Crippen LogP contribution is -2.35. The van der Waals surface area contributed by atoms with Gasteiger partial charge in [-0.1, -0.05) is 18.2 Å². The number of piperidine rings is 1. The largest absolute Gasteiger partial charge is 0.493 e. The van der Waals surface area contributed by atoms with Gasteiger partial charge in [0.25, 0.3) is 5.91 Å². The molecule has 0 bridgehead atoms. The molecule has 4 aromatic rings. The lowest BCUT2D eigenvalue weighted by molar-refractivity contribution is -0.143. The number of hydrogen-bond acceptors (Lipinski definition) is 7. The monoisotopic (exact) mass is 692 g/mol. The third-order valence-corrected chi connectivity index (χ3v) is 9.74. The van der Waals surface area contributed by atoms with Crippen molar-refractivity contribution in [2.45, 2.75) is 37.7 Å². The van der Waals surface area contributed by atoms with Gasteiger partial charge >= 0.3 is 12.4 Å². The van der Waals surface area contributed by atoms with E-state index < -0.39 is 35.6 Å². The van der Waals surface area contributed by atoms with E-state index in [4.69, 9.17) is 9.47 Å². The van der Waals surface area contributed by atoms with Crippen molar-refractivity contribution in [3.63, 3.8) is 0 Å². The van der Waals surface area contributed by atoms with Crippen LogP contribution < -0.4 is 9.47 Å². The Morgan fingerprint density at radius 2 is 1.79 bits per heavy atom. The van der Waals surface area contributed by atoms with Crippen LogP contribution in [-0.4, -0.2) is 46.4 Å². The van der Waals surface area contributed by atoms with E-state index in [1.165, 1.54) is 24.9 Å². The highest BCUT2D eigenvalue weighted by molar-refractivity contribution is 8.18. The molecule has 0 spiro atoms. The van der Waals surface area contributed by atoms with Gasteiger partial charge in [-0.3, -0.25) is 9.89 Å². The maximum atomic E-state index is 13.5. The van der Waals surface area contributed by atoms with E-state index in [9.17, 15) is 31.1 Å². The summed E-state index contributed by atoms with van der Waals surface area (Å²) >= 11 is 2.91. The molecule has 15 heteroatoms. The molecular weight excluding hydrogens is 666 g/mol. The van der Waals surface area contributed by atoms with Crippen LogP contribution in [-0.2, 0) is 23.8 Å². The molecule has 2 aliphatic heterocycles. The second-order valence-electron chi connectivity index (χ2n) is 10.8. The zero-order valence-electron chi connectivity index (χ0n) is 24.6. The number of thioether (sulfide) groups is 1. The third-order valence-electron chi connectivity index (χ3n) is 7.79. The molecule has 1 N–H and O–H groups in total. The average molecular weight is 693 g/mol. The standard InChI is InChI=1S/C32H26F6N4O3S2/c1-44-26-13-18(4-7-25(26)45-17-20-5-6-21(31(33,34)35)15-22(20)32(36,37)38)14-28-29(43)39-30(47-28)42-10-8-19(9-11-42)23-16-24(41-40-23)27-3-2-12-46-27/h2-7,12-16,19H,8-11,17H2,1H3,(H,40,41)/b28-14+. The minimum atomic E-state index is -5.02. The molecule has 1 amide bonds. The number of nitrogens with one attached hydrogen (secondary N) is 1. The second kappa shape index (κ2) is 13.1. The van der Waals surface area contributed by atoms with Gasteiger partial charge in [-0.05, 0) is 78.0 Å². The maximum absolute atomic E-state index is 13.5. The number of H-pyrrole nitrogens is 1. The van der Waals surface area contributed by atoms with Crippen LogP contribution in [0.2, 0.25) is 0 Å². The Kier molecular flexibility index (Phi) is 9.12. The number of aromatic nitrogens is 2. The quantitative estimate of drug-likeness (QED) is 0.154. The third kappa shape index (κ3) is 7.35. The minimum absolute atomic E-state index is 0.0707. The molecule has 0 radical (unpaired) electrons. The number of aromatic amines is 1. The normalized spacial score (nSPS) is 17.0. The van der Waals surface area contributed by atoms with Crippen LogP contribution >= 0.6 is 23.1 Å². The SMILES string of the molecule is COc1cc(/C=C2/SC(N3CCC(c4cc(-c5cccs5)[nH]n4)CC3)=NC2=O)ccc1OCc1ccc(C(F)(F)F)cc1C(F)(F)F. The number of ether oxygens (including phenoxy) is 2. The number of carbonyl (C=O) groups excluding carboxylic acids is 1. The predicted molar refractivity (Wildman–Crippen MR) is 167 cm³/mol. The highest BCUT2D eigenvalue weighted by Gasteiger charge is 2.38. The number of amides is 1. The summed E-state index contributed by atoms with van der Waals surface area (Å²) in [7, 11) is 1.34. The Morgan fingerprint density at radius 1 is 1.00 bits per heavy atom. The summed E-state index contributed by atoms with van der Waals surface area (Å²) in [6.07, 6.45) is -6.59. The van der Waals surface area contributed by atoms with Gasteiger partial charge in [0, 0.05) is 24.6 Å². The molecule has 2 aromatic carbocycles. The molecule has 0 unspecified atom stereocenters. The lowest BCUT2D eigenvalue weighted by Gasteiger charge is -2.31. The molecule has 47 heavy (non-hydrogen) atoms. The van der Waals surface area contributed by atoms with E-state index >= 15 is 0 Å². The number of likely N-dealkylation sites (tertiary alicyclic amines) is 1. The topological polar surface area (TPSA) is 79.8 Å². The number of methoxy groups -OCH3 is 1. The van der Waals surface area contributed by atoms with Crippen LogP contribution in [0.4, 0.5) is 26.3 Å². The summed E-state index contributed by atoms with van der Waals surface area (Å²) in [4.78, 5) is 20.6. The molecule has 4 heterocycles. The molecule has 0 saturated carbocycles. The average Bonchev–Trinajstić information content (AvgIpc) is 3.82. The van der Waals surface area contributed by atoms with E-state index in [-0.39, 0.29) is 23.5 Å². The number of halogens is 6. The summed E-state index contributed by atoms with van der Waals surface area (Å²) in [6, 6.07) is 12.1. The number of alkyl halides is 6. The van der Waals surface area contributed by atoms with E-state index in [1.807, 2.05) is 17.5 Å². The molecule has 0 aliphatic carbocycles. The number of hydrogen-bond donors (Lipinski definition) is 1. The predicted octanol–water partition coefficient (Wildman–Crippen LogP) is 8.61. The van der Waals surface area contributed by atoms with Gasteiger partial charge in [-0.2, -0.15) is 36.4 Å². The highest BCUT2D eigenvalue weighted by Crippen LogP contribution is 2.39. The molecule has 0 atom stereocenters. The van der Waals surface area contributed by atoms with Crippen LogP contribution in [0.15, 0.2) is 69.9 Å². The van der Waals surface area contributed by atoms with E-state index in [2.05, 4.69) is 26.2 Å². The van der Waals surface area contributed by atoms with Crippen LogP contribution in [0.1, 0.15) is 46.7 Å². The van der Waals surface area contributed by atoms with Crippen molar-refractivity contribution in [1.29, 1.82) is 0 Å². The van der Waals surface area contributed by atoms with Crippen LogP contribution in [0.3, 0.4) is 0 Å². The maximum Gasteiger partial charge on any atom is 0.416 e. The number of amidine groups is 1.